The summed E-state index contributed by atoms with van der Waals surface area (Å²) >= 11 is 0. The Bertz CT molecular complexity index is 328. The Morgan fingerprint density at radius 2 is 2.12 bits per heavy atom. The van der Waals surface area contributed by atoms with E-state index < -0.39 is 0 Å². The first-order valence-electron chi connectivity index (χ1n) is 6.62. The maximum Gasteiger partial charge on any atom is 0.0372 e. The normalized spacial score (nSPS) is 18.5. The van der Waals surface area contributed by atoms with E-state index in [-0.39, 0.29) is 0 Å². The summed E-state index contributed by atoms with van der Waals surface area (Å²) in [5, 5.41) is 3.52. The van der Waals surface area contributed by atoms with Gasteiger partial charge in [0, 0.05) is 31.0 Å². The first-order valence-corrected chi connectivity index (χ1v) is 6.62. The van der Waals surface area contributed by atoms with Gasteiger partial charge in [0.2, 0.25) is 0 Å². The van der Waals surface area contributed by atoms with E-state index in [2.05, 4.69) is 34.3 Å². The van der Waals surface area contributed by atoms with Crippen molar-refractivity contribution in [2.75, 3.05) is 19.6 Å². The molecule has 1 atom stereocenters. The van der Waals surface area contributed by atoms with Crippen LogP contribution in [0.3, 0.4) is 0 Å². The third-order valence-corrected chi connectivity index (χ3v) is 3.51. The SMILES string of the molecule is Cc1ccc(CNCC(C)N2CCCC2)cn1. The number of hydrogen-bond donors (Lipinski definition) is 1. The highest BCUT2D eigenvalue weighted by atomic mass is 15.2. The first kappa shape index (κ1) is 12.5. The predicted molar refractivity (Wildman–Crippen MR) is 70.9 cm³/mol. The highest BCUT2D eigenvalue weighted by Crippen LogP contribution is 2.10. The van der Waals surface area contributed by atoms with Crippen LogP contribution in [-0.2, 0) is 6.54 Å². The Kier molecular flexibility index (Phi) is 4.51. The topological polar surface area (TPSA) is 28.2 Å². The van der Waals surface area contributed by atoms with Crippen molar-refractivity contribution in [3.05, 3.63) is 29.6 Å². The number of nitrogens with zero attached hydrogens (tertiary/aromatic N) is 2. The third kappa shape index (κ3) is 3.79. The second kappa shape index (κ2) is 6.12. The van der Waals surface area contributed by atoms with E-state index in [9.17, 15) is 0 Å². The number of likely N-dealkylation sites (tertiary alicyclic amines) is 1. The number of pyridine rings is 1. The average Bonchev–Trinajstić information content (AvgIpc) is 2.85. The van der Waals surface area contributed by atoms with E-state index in [4.69, 9.17) is 0 Å². The van der Waals surface area contributed by atoms with E-state index >= 15 is 0 Å². The van der Waals surface area contributed by atoms with Gasteiger partial charge in [0.15, 0.2) is 0 Å². The van der Waals surface area contributed by atoms with Gasteiger partial charge < -0.3 is 5.32 Å². The lowest BCUT2D eigenvalue weighted by molar-refractivity contribution is 0.251. The molecule has 0 amide bonds. The Morgan fingerprint density at radius 3 is 2.76 bits per heavy atom. The van der Waals surface area contributed by atoms with Gasteiger partial charge in [-0.15, -0.1) is 0 Å². The summed E-state index contributed by atoms with van der Waals surface area (Å²) in [7, 11) is 0. The fourth-order valence-corrected chi connectivity index (χ4v) is 2.34. The monoisotopic (exact) mass is 233 g/mol. The second-order valence-electron chi connectivity index (χ2n) is 5.03. The van der Waals surface area contributed by atoms with Crippen molar-refractivity contribution in [1.82, 2.24) is 15.2 Å². The zero-order valence-electron chi connectivity index (χ0n) is 10.9. The van der Waals surface area contributed by atoms with Crippen LogP contribution in [0.25, 0.3) is 0 Å². The fraction of sp³-hybridized carbons (Fsp3) is 0.643. The van der Waals surface area contributed by atoms with Crippen LogP contribution in [0.2, 0.25) is 0 Å². The largest absolute Gasteiger partial charge is 0.311 e. The van der Waals surface area contributed by atoms with Gasteiger partial charge in [-0.05, 0) is 51.4 Å². The molecule has 0 spiro atoms. The van der Waals surface area contributed by atoms with E-state index in [1.807, 2.05) is 13.1 Å². The molecule has 1 saturated heterocycles. The Hall–Kier alpha value is -0.930. The summed E-state index contributed by atoms with van der Waals surface area (Å²) in [6, 6.07) is 4.87. The molecule has 0 aliphatic carbocycles. The van der Waals surface area contributed by atoms with Gasteiger partial charge in [0.25, 0.3) is 0 Å². The molecular formula is C14H23N3. The van der Waals surface area contributed by atoms with Crippen molar-refractivity contribution in [1.29, 1.82) is 0 Å². The van der Waals surface area contributed by atoms with Gasteiger partial charge in [0.05, 0.1) is 0 Å². The molecule has 1 fully saturated rings. The molecule has 3 nitrogen and oxygen atoms in total. The maximum absolute atomic E-state index is 4.30. The molecule has 1 aliphatic heterocycles. The van der Waals surface area contributed by atoms with Crippen molar-refractivity contribution < 1.29 is 0 Å². The summed E-state index contributed by atoms with van der Waals surface area (Å²) in [6.07, 6.45) is 4.70. The number of rotatable bonds is 5. The maximum atomic E-state index is 4.30. The Labute approximate surface area is 104 Å². The molecule has 1 aliphatic rings. The summed E-state index contributed by atoms with van der Waals surface area (Å²) in [6.45, 7) is 8.86. The van der Waals surface area contributed by atoms with Gasteiger partial charge >= 0.3 is 0 Å². The standard InChI is InChI=1S/C14H23N3/c1-12-5-6-14(11-16-12)10-15-9-13(2)17-7-3-4-8-17/h5-6,11,13,15H,3-4,7-10H2,1-2H3. The highest BCUT2D eigenvalue weighted by molar-refractivity contribution is 5.12. The molecule has 1 aromatic heterocycles. The molecule has 1 unspecified atom stereocenters. The van der Waals surface area contributed by atoms with Crippen LogP contribution in [0.15, 0.2) is 18.3 Å². The van der Waals surface area contributed by atoms with Gasteiger partial charge in [0.1, 0.15) is 0 Å². The molecule has 1 N–H and O–H groups in total. The van der Waals surface area contributed by atoms with Gasteiger partial charge in [-0.25, -0.2) is 0 Å². The van der Waals surface area contributed by atoms with Crippen LogP contribution in [0.5, 0.6) is 0 Å². The van der Waals surface area contributed by atoms with Crippen LogP contribution in [0.4, 0.5) is 0 Å². The van der Waals surface area contributed by atoms with Crippen molar-refractivity contribution in [3.8, 4) is 0 Å². The molecule has 0 aromatic carbocycles. The zero-order valence-corrected chi connectivity index (χ0v) is 10.9. The molecule has 0 radical (unpaired) electrons. The second-order valence-corrected chi connectivity index (χ2v) is 5.03. The molecule has 0 saturated carbocycles. The van der Waals surface area contributed by atoms with Crippen molar-refractivity contribution >= 4 is 0 Å². The van der Waals surface area contributed by atoms with E-state index in [0.717, 1.165) is 18.8 Å². The van der Waals surface area contributed by atoms with Crippen molar-refractivity contribution in [2.24, 2.45) is 0 Å². The lowest BCUT2D eigenvalue weighted by Crippen LogP contribution is -2.38. The first-order chi connectivity index (χ1) is 8.25. The minimum absolute atomic E-state index is 0.649. The van der Waals surface area contributed by atoms with E-state index in [1.165, 1.54) is 31.5 Å². The molecule has 3 heteroatoms. The van der Waals surface area contributed by atoms with Crippen LogP contribution < -0.4 is 5.32 Å². The quantitative estimate of drug-likeness (QED) is 0.842. The zero-order chi connectivity index (χ0) is 12.1. The predicted octanol–water partition coefficient (Wildman–Crippen LogP) is 1.96. The molecule has 2 rings (SSSR count). The molecule has 1 aromatic rings. The average molecular weight is 233 g/mol. The summed E-state index contributed by atoms with van der Waals surface area (Å²) in [4.78, 5) is 6.87. The van der Waals surface area contributed by atoms with Crippen LogP contribution >= 0.6 is 0 Å². The Morgan fingerprint density at radius 1 is 1.35 bits per heavy atom. The highest BCUT2D eigenvalue weighted by Gasteiger charge is 2.17. The summed E-state index contributed by atoms with van der Waals surface area (Å²) < 4.78 is 0. The van der Waals surface area contributed by atoms with Crippen LogP contribution in [0.1, 0.15) is 31.0 Å². The van der Waals surface area contributed by atoms with Crippen LogP contribution in [0, 0.1) is 6.92 Å². The summed E-state index contributed by atoms with van der Waals surface area (Å²) in [5.74, 6) is 0. The molecule has 0 bridgehead atoms. The molecule has 94 valence electrons. The number of nitrogens with one attached hydrogen (secondary N) is 1. The molecule has 2 heterocycles. The Balaban J connectivity index is 1.70. The number of aromatic nitrogens is 1. The molecule has 17 heavy (non-hydrogen) atoms. The van der Waals surface area contributed by atoms with Gasteiger partial charge in [-0.3, -0.25) is 9.88 Å². The van der Waals surface area contributed by atoms with Gasteiger partial charge in [-0.2, -0.15) is 0 Å². The fourth-order valence-electron chi connectivity index (χ4n) is 2.34. The number of hydrogen-bond acceptors (Lipinski definition) is 3. The van der Waals surface area contributed by atoms with Crippen molar-refractivity contribution in [3.63, 3.8) is 0 Å². The third-order valence-electron chi connectivity index (χ3n) is 3.51. The minimum Gasteiger partial charge on any atom is -0.311 e. The van der Waals surface area contributed by atoms with E-state index in [1.54, 1.807) is 0 Å². The lowest BCUT2D eigenvalue weighted by Gasteiger charge is -2.23. The minimum atomic E-state index is 0.649. The molecular weight excluding hydrogens is 210 g/mol. The van der Waals surface area contributed by atoms with Gasteiger partial charge in [-0.1, -0.05) is 6.07 Å². The lowest BCUT2D eigenvalue weighted by atomic mass is 10.2. The summed E-state index contributed by atoms with van der Waals surface area (Å²) in [5.41, 5.74) is 2.35. The van der Waals surface area contributed by atoms with E-state index in [0.29, 0.717) is 6.04 Å². The number of aryl methyl sites for hydroxylation is 1. The van der Waals surface area contributed by atoms with Crippen LogP contribution in [-0.4, -0.2) is 35.6 Å². The smallest absolute Gasteiger partial charge is 0.0372 e. The van der Waals surface area contributed by atoms with Crippen molar-refractivity contribution in [2.45, 2.75) is 39.3 Å².